The summed E-state index contributed by atoms with van der Waals surface area (Å²) in [7, 11) is 0. The van der Waals surface area contributed by atoms with Crippen LogP contribution in [0, 0.1) is 24.8 Å². The molecule has 0 spiro atoms. The minimum absolute atomic E-state index is 0.405. The van der Waals surface area contributed by atoms with Crippen molar-refractivity contribution >= 4 is 17.9 Å². The predicted molar refractivity (Wildman–Crippen MR) is 120 cm³/mol. The summed E-state index contributed by atoms with van der Waals surface area (Å²) in [5, 5.41) is 5.29. The molecule has 0 aliphatic heterocycles. The molecule has 2 atom stereocenters. The van der Waals surface area contributed by atoms with Crippen molar-refractivity contribution in [3.05, 3.63) is 35.4 Å². The molecular weight excluding hydrogens is 394 g/mol. The number of amides is 3. The number of alkyl carbamates (subject to hydrolysis) is 1. The average molecular weight is 426 g/mol. The molecule has 0 bridgehead atoms. The van der Waals surface area contributed by atoms with Gasteiger partial charge >= 0.3 is 6.09 Å². The van der Waals surface area contributed by atoms with Crippen molar-refractivity contribution in [1.82, 2.24) is 15.5 Å². The highest BCUT2D eigenvalue weighted by Crippen LogP contribution is 2.25. The van der Waals surface area contributed by atoms with Crippen LogP contribution in [-0.2, 0) is 14.3 Å². The molecule has 1 aromatic carbocycles. The first-order valence-electron chi connectivity index (χ1n) is 9.86. The number of terminal acetylenes is 2. The minimum atomic E-state index is -1.19. The number of nitrogens with zero attached hydrogens (tertiary/aromatic N) is 1. The number of hydrogen-bond donors (Lipinski definition) is 2. The number of hydrogen-bond acceptors (Lipinski definition) is 4. The van der Waals surface area contributed by atoms with E-state index in [-0.39, 0.29) is 0 Å². The van der Waals surface area contributed by atoms with E-state index in [2.05, 4.69) is 22.6 Å². The van der Waals surface area contributed by atoms with Gasteiger partial charge in [-0.05, 0) is 54.5 Å². The monoisotopic (exact) mass is 425 g/mol. The third-order valence-corrected chi connectivity index (χ3v) is 3.90. The molecule has 0 heterocycles. The van der Waals surface area contributed by atoms with Gasteiger partial charge in [-0.25, -0.2) is 4.79 Å². The van der Waals surface area contributed by atoms with Crippen LogP contribution in [0.25, 0.3) is 0 Å². The Morgan fingerprint density at radius 3 is 2.13 bits per heavy atom. The highest BCUT2D eigenvalue weighted by atomic mass is 16.6. The van der Waals surface area contributed by atoms with Gasteiger partial charge in [0, 0.05) is 22.7 Å². The average Bonchev–Trinajstić information content (AvgIpc) is 2.62. The first-order chi connectivity index (χ1) is 14.2. The fraction of sp³-hybridized carbons (Fsp3) is 0.458. The molecule has 0 aliphatic rings. The first kappa shape index (κ1) is 25.6. The Kier molecular flexibility index (Phi) is 8.29. The van der Waals surface area contributed by atoms with Crippen LogP contribution in [0.4, 0.5) is 4.79 Å². The van der Waals surface area contributed by atoms with E-state index in [4.69, 9.17) is 17.6 Å². The molecule has 0 saturated heterocycles. The maximum Gasteiger partial charge on any atom is 0.408 e. The van der Waals surface area contributed by atoms with E-state index in [0.717, 1.165) is 4.90 Å². The number of nitrogens with one attached hydrogen (secondary N) is 2. The van der Waals surface area contributed by atoms with Gasteiger partial charge in [0.05, 0.1) is 0 Å². The first-order valence-corrected chi connectivity index (χ1v) is 9.86. The summed E-state index contributed by atoms with van der Waals surface area (Å²) in [6, 6.07) is 6.78. The van der Waals surface area contributed by atoms with Crippen molar-refractivity contribution in [2.45, 2.75) is 71.7 Å². The van der Waals surface area contributed by atoms with E-state index in [9.17, 15) is 14.4 Å². The van der Waals surface area contributed by atoms with Crippen LogP contribution in [0.3, 0.4) is 0 Å². The van der Waals surface area contributed by atoms with Crippen molar-refractivity contribution in [2.75, 3.05) is 0 Å². The van der Waals surface area contributed by atoms with E-state index in [0.29, 0.717) is 11.1 Å². The number of rotatable bonds is 5. The second kappa shape index (κ2) is 10.0. The standard InChI is InChI=1S/C24H31N3O4/c1-10-17-14-12-13-15-18(17)19(20(28)26-23(4,5)6)27(11-2)21(29)16(3)25-22(30)31-24(7,8)9/h1-2,12-16,19H,3-9H3,(H,25,30)(H,26,28). The minimum Gasteiger partial charge on any atom is -0.444 e. The largest absolute Gasteiger partial charge is 0.444 e. The van der Waals surface area contributed by atoms with Crippen molar-refractivity contribution < 1.29 is 19.1 Å². The summed E-state index contributed by atoms with van der Waals surface area (Å²) in [4.78, 5) is 39.4. The van der Waals surface area contributed by atoms with Gasteiger partial charge in [-0.3, -0.25) is 14.5 Å². The highest BCUT2D eigenvalue weighted by Gasteiger charge is 2.36. The van der Waals surface area contributed by atoms with E-state index < -0.39 is 41.1 Å². The third kappa shape index (κ3) is 7.71. The van der Waals surface area contributed by atoms with Gasteiger partial charge in [-0.2, -0.15) is 0 Å². The Balaban J connectivity index is 3.33. The molecule has 3 amide bonds. The summed E-state index contributed by atoms with van der Waals surface area (Å²) >= 11 is 0. The maximum absolute atomic E-state index is 13.2. The Bertz CT molecular complexity index is 910. The van der Waals surface area contributed by atoms with Crippen LogP contribution in [-0.4, -0.2) is 40.0 Å². The topological polar surface area (TPSA) is 87.7 Å². The van der Waals surface area contributed by atoms with Crippen molar-refractivity contribution in [2.24, 2.45) is 0 Å². The Morgan fingerprint density at radius 2 is 1.65 bits per heavy atom. The van der Waals surface area contributed by atoms with Crippen LogP contribution in [0.15, 0.2) is 24.3 Å². The quantitative estimate of drug-likeness (QED) is 0.561. The zero-order valence-electron chi connectivity index (χ0n) is 19.2. The van der Waals surface area contributed by atoms with Gasteiger partial charge in [-0.15, -0.1) is 6.42 Å². The molecule has 1 aromatic rings. The predicted octanol–water partition coefficient (Wildman–Crippen LogP) is 2.96. The lowest BCUT2D eigenvalue weighted by Crippen LogP contribution is -2.52. The van der Waals surface area contributed by atoms with Gasteiger partial charge in [0.2, 0.25) is 5.91 Å². The van der Waals surface area contributed by atoms with E-state index in [1.54, 1.807) is 45.0 Å². The summed E-state index contributed by atoms with van der Waals surface area (Å²) in [6.07, 6.45) is 10.5. The fourth-order valence-electron chi connectivity index (χ4n) is 2.72. The Morgan fingerprint density at radius 1 is 1.06 bits per heavy atom. The van der Waals surface area contributed by atoms with Gasteiger partial charge < -0.3 is 15.4 Å². The molecule has 166 valence electrons. The summed E-state index contributed by atoms with van der Waals surface area (Å²) in [6.45, 7) is 12.0. The molecule has 0 aromatic heterocycles. The lowest BCUT2D eigenvalue weighted by atomic mass is 9.97. The van der Waals surface area contributed by atoms with Gasteiger partial charge in [-0.1, -0.05) is 30.5 Å². The van der Waals surface area contributed by atoms with Crippen LogP contribution in [0.5, 0.6) is 0 Å². The van der Waals surface area contributed by atoms with Crippen molar-refractivity contribution in [3.63, 3.8) is 0 Å². The molecule has 2 unspecified atom stereocenters. The van der Waals surface area contributed by atoms with Crippen LogP contribution >= 0.6 is 0 Å². The normalized spacial score (nSPS) is 13.1. The molecule has 0 aliphatic carbocycles. The highest BCUT2D eigenvalue weighted by molar-refractivity contribution is 5.93. The molecule has 7 heteroatoms. The summed E-state index contributed by atoms with van der Waals surface area (Å²) in [5.41, 5.74) is -0.483. The van der Waals surface area contributed by atoms with E-state index in [1.807, 2.05) is 20.8 Å². The Labute approximate surface area is 184 Å². The molecule has 31 heavy (non-hydrogen) atoms. The molecular formula is C24H31N3O4. The zero-order valence-corrected chi connectivity index (χ0v) is 19.2. The summed E-state index contributed by atoms with van der Waals surface area (Å²) < 4.78 is 5.19. The van der Waals surface area contributed by atoms with Gasteiger partial charge in [0.15, 0.2) is 0 Å². The van der Waals surface area contributed by atoms with Crippen LogP contribution in [0.2, 0.25) is 0 Å². The number of carbonyl (C=O) groups excluding carboxylic acids is 3. The smallest absolute Gasteiger partial charge is 0.408 e. The maximum atomic E-state index is 13.2. The SMILES string of the molecule is C#Cc1ccccc1C(C(=O)NC(C)(C)C)N(C#C)C(=O)C(C)NC(=O)OC(C)(C)C. The van der Waals surface area contributed by atoms with Gasteiger partial charge in [0.25, 0.3) is 5.91 Å². The van der Waals surface area contributed by atoms with Crippen LogP contribution in [0.1, 0.15) is 65.6 Å². The molecule has 7 nitrogen and oxygen atoms in total. The second-order valence-electron chi connectivity index (χ2n) is 9.08. The Hall–Kier alpha value is -3.45. The number of carbonyl (C=O) groups is 3. The summed E-state index contributed by atoms with van der Waals surface area (Å²) in [5.74, 6) is 1.37. The van der Waals surface area contributed by atoms with E-state index in [1.165, 1.54) is 6.92 Å². The van der Waals surface area contributed by atoms with Crippen molar-refractivity contribution in [1.29, 1.82) is 0 Å². The van der Waals surface area contributed by atoms with Crippen LogP contribution < -0.4 is 10.6 Å². The fourth-order valence-corrected chi connectivity index (χ4v) is 2.72. The molecule has 0 saturated carbocycles. The molecule has 1 rings (SSSR count). The lowest BCUT2D eigenvalue weighted by molar-refractivity contribution is -0.138. The molecule has 0 radical (unpaired) electrons. The molecule has 0 fully saturated rings. The van der Waals surface area contributed by atoms with Gasteiger partial charge in [0.1, 0.15) is 17.7 Å². The van der Waals surface area contributed by atoms with Crippen molar-refractivity contribution in [3.8, 4) is 24.8 Å². The molecule has 2 N–H and O–H groups in total. The lowest BCUT2D eigenvalue weighted by Gasteiger charge is -2.32. The van der Waals surface area contributed by atoms with E-state index >= 15 is 0 Å². The third-order valence-electron chi connectivity index (χ3n) is 3.90. The number of ether oxygens (including phenoxy) is 1. The zero-order chi connectivity index (χ0) is 24.0. The second-order valence-corrected chi connectivity index (χ2v) is 9.08. The number of benzene rings is 1.